The van der Waals surface area contributed by atoms with E-state index < -0.39 is 0 Å². The van der Waals surface area contributed by atoms with Crippen LogP contribution < -0.4 is 10.6 Å². The highest BCUT2D eigenvalue weighted by Crippen LogP contribution is 2.15. The molecule has 0 aliphatic rings. The molecule has 0 unspecified atom stereocenters. The normalized spacial score (nSPS) is 10.4. The van der Waals surface area contributed by atoms with Crippen LogP contribution in [0.15, 0.2) is 54.6 Å². The molecular formula is C21H22N4O. The van der Waals surface area contributed by atoms with E-state index in [0.29, 0.717) is 12.4 Å². The Labute approximate surface area is 153 Å². The van der Waals surface area contributed by atoms with Gasteiger partial charge in [0.05, 0.1) is 0 Å². The van der Waals surface area contributed by atoms with Gasteiger partial charge < -0.3 is 10.6 Å². The first-order chi connectivity index (χ1) is 12.5. The smallest absolute Gasteiger partial charge is 0.276 e. The fourth-order valence-electron chi connectivity index (χ4n) is 2.58. The van der Waals surface area contributed by atoms with E-state index in [0.717, 1.165) is 11.3 Å². The lowest BCUT2D eigenvalue weighted by Crippen LogP contribution is -2.15. The largest absolute Gasteiger partial charge is 0.365 e. The average Bonchev–Trinajstić information content (AvgIpc) is 2.63. The number of aryl methyl sites for hydroxylation is 3. The number of hydrogen-bond acceptors (Lipinski definition) is 4. The number of hydrogen-bond donors (Lipinski definition) is 2. The second kappa shape index (κ2) is 7.78. The molecule has 0 fully saturated rings. The van der Waals surface area contributed by atoms with Gasteiger partial charge in [-0.25, -0.2) is 0 Å². The van der Waals surface area contributed by atoms with Gasteiger partial charge in [0.1, 0.15) is 5.82 Å². The van der Waals surface area contributed by atoms with E-state index in [1.165, 1.54) is 16.7 Å². The van der Waals surface area contributed by atoms with Crippen molar-refractivity contribution in [3.8, 4) is 0 Å². The van der Waals surface area contributed by atoms with Crippen molar-refractivity contribution in [3.63, 3.8) is 0 Å². The molecular weight excluding hydrogens is 324 g/mol. The molecule has 0 radical (unpaired) electrons. The molecule has 0 saturated carbocycles. The van der Waals surface area contributed by atoms with E-state index >= 15 is 0 Å². The molecule has 26 heavy (non-hydrogen) atoms. The molecule has 3 rings (SSSR count). The highest BCUT2D eigenvalue weighted by atomic mass is 16.1. The molecule has 0 aliphatic heterocycles. The third-order valence-electron chi connectivity index (χ3n) is 4.22. The third-order valence-corrected chi connectivity index (χ3v) is 4.22. The van der Waals surface area contributed by atoms with Crippen molar-refractivity contribution in [2.75, 3.05) is 10.6 Å². The Morgan fingerprint density at radius 3 is 2.46 bits per heavy atom. The Kier molecular flexibility index (Phi) is 5.27. The second-order valence-electron chi connectivity index (χ2n) is 6.40. The van der Waals surface area contributed by atoms with Gasteiger partial charge in [-0.3, -0.25) is 4.79 Å². The SMILES string of the molecule is Cc1cccc(CNc2ccc(C(=O)Nc3ccc(C)c(C)c3)nn2)c1. The molecule has 132 valence electrons. The van der Waals surface area contributed by atoms with E-state index in [4.69, 9.17) is 0 Å². The first kappa shape index (κ1) is 17.6. The molecule has 0 atom stereocenters. The standard InChI is InChI=1S/C21H22N4O/c1-14-5-4-6-17(11-14)13-22-20-10-9-19(24-25-20)21(26)23-18-8-7-15(2)16(3)12-18/h4-12H,13H2,1-3H3,(H,22,25)(H,23,26). The molecule has 1 heterocycles. The molecule has 3 aromatic rings. The van der Waals surface area contributed by atoms with Crippen LogP contribution in [-0.2, 0) is 6.54 Å². The summed E-state index contributed by atoms with van der Waals surface area (Å²) in [6, 6.07) is 17.5. The van der Waals surface area contributed by atoms with Gasteiger partial charge in [0, 0.05) is 12.2 Å². The molecule has 2 N–H and O–H groups in total. The van der Waals surface area contributed by atoms with Crippen molar-refractivity contribution in [2.45, 2.75) is 27.3 Å². The lowest BCUT2D eigenvalue weighted by Gasteiger charge is -2.08. The number of nitrogens with zero attached hydrogens (tertiary/aromatic N) is 2. The van der Waals surface area contributed by atoms with Crippen LogP contribution in [0.4, 0.5) is 11.5 Å². The van der Waals surface area contributed by atoms with Gasteiger partial charge in [-0.05, 0) is 61.7 Å². The predicted octanol–water partition coefficient (Wildman–Crippen LogP) is 4.27. The Hall–Kier alpha value is -3.21. The van der Waals surface area contributed by atoms with Crippen LogP contribution in [0.5, 0.6) is 0 Å². The van der Waals surface area contributed by atoms with Crippen molar-refractivity contribution in [3.05, 3.63) is 82.5 Å². The predicted molar refractivity (Wildman–Crippen MR) is 104 cm³/mol. The quantitative estimate of drug-likeness (QED) is 0.724. The van der Waals surface area contributed by atoms with Gasteiger partial charge in [0.2, 0.25) is 0 Å². The Morgan fingerprint density at radius 1 is 0.923 bits per heavy atom. The van der Waals surface area contributed by atoms with Gasteiger partial charge in [-0.1, -0.05) is 35.9 Å². The molecule has 0 bridgehead atoms. The summed E-state index contributed by atoms with van der Waals surface area (Å²) < 4.78 is 0. The number of amides is 1. The lowest BCUT2D eigenvalue weighted by molar-refractivity contribution is 0.102. The number of rotatable bonds is 5. The van der Waals surface area contributed by atoms with Gasteiger partial charge in [-0.2, -0.15) is 0 Å². The monoisotopic (exact) mass is 346 g/mol. The summed E-state index contributed by atoms with van der Waals surface area (Å²) in [5.74, 6) is 0.361. The summed E-state index contributed by atoms with van der Waals surface area (Å²) in [4.78, 5) is 12.3. The Balaban J connectivity index is 1.61. The zero-order valence-electron chi connectivity index (χ0n) is 15.2. The molecule has 0 saturated heterocycles. The van der Waals surface area contributed by atoms with Gasteiger partial charge in [-0.15, -0.1) is 10.2 Å². The maximum atomic E-state index is 12.3. The number of carbonyl (C=O) groups is 1. The van der Waals surface area contributed by atoms with Gasteiger partial charge in [0.15, 0.2) is 5.69 Å². The molecule has 5 heteroatoms. The number of aromatic nitrogens is 2. The summed E-state index contributed by atoms with van der Waals surface area (Å²) in [6.45, 7) is 6.77. The van der Waals surface area contributed by atoms with E-state index in [1.54, 1.807) is 12.1 Å². The Bertz CT molecular complexity index is 920. The van der Waals surface area contributed by atoms with Gasteiger partial charge >= 0.3 is 0 Å². The van der Waals surface area contributed by atoms with E-state index in [2.05, 4.69) is 46.0 Å². The molecule has 1 aromatic heterocycles. The van der Waals surface area contributed by atoms with Crippen LogP contribution in [0.25, 0.3) is 0 Å². The first-order valence-electron chi connectivity index (χ1n) is 8.53. The molecule has 1 amide bonds. The summed E-state index contributed by atoms with van der Waals surface area (Å²) in [6.07, 6.45) is 0. The van der Waals surface area contributed by atoms with Crippen LogP contribution in [0.1, 0.15) is 32.7 Å². The fraction of sp³-hybridized carbons (Fsp3) is 0.190. The van der Waals surface area contributed by atoms with Gasteiger partial charge in [0.25, 0.3) is 5.91 Å². The summed E-state index contributed by atoms with van der Waals surface area (Å²) in [7, 11) is 0. The lowest BCUT2D eigenvalue weighted by atomic mass is 10.1. The maximum Gasteiger partial charge on any atom is 0.276 e. The van der Waals surface area contributed by atoms with E-state index in [9.17, 15) is 4.79 Å². The summed E-state index contributed by atoms with van der Waals surface area (Å²) in [5.41, 5.74) is 5.74. The summed E-state index contributed by atoms with van der Waals surface area (Å²) >= 11 is 0. The first-order valence-corrected chi connectivity index (χ1v) is 8.53. The van der Waals surface area contributed by atoms with Crippen LogP contribution >= 0.6 is 0 Å². The third kappa shape index (κ3) is 4.45. The molecule has 2 aromatic carbocycles. The number of anilines is 2. The van der Waals surface area contributed by atoms with E-state index in [-0.39, 0.29) is 11.6 Å². The number of benzene rings is 2. The van der Waals surface area contributed by atoms with Crippen molar-refractivity contribution >= 4 is 17.4 Å². The van der Waals surface area contributed by atoms with Crippen LogP contribution in [0.3, 0.4) is 0 Å². The topological polar surface area (TPSA) is 66.9 Å². The zero-order chi connectivity index (χ0) is 18.5. The van der Waals surface area contributed by atoms with Crippen molar-refractivity contribution < 1.29 is 4.79 Å². The van der Waals surface area contributed by atoms with E-state index in [1.807, 2.05) is 38.1 Å². The van der Waals surface area contributed by atoms with Crippen molar-refractivity contribution in [2.24, 2.45) is 0 Å². The van der Waals surface area contributed by atoms with Crippen LogP contribution in [0.2, 0.25) is 0 Å². The molecule has 0 aliphatic carbocycles. The van der Waals surface area contributed by atoms with Crippen LogP contribution in [-0.4, -0.2) is 16.1 Å². The number of carbonyl (C=O) groups excluding carboxylic acids is 1. The highest BCUT2D eigenvalue weighted by molar-refractivity contribution is 6.02. The van der Waals surface area contributed by atoms with Crippen molar-refractivity contribution in [1.29, 1.82) is 0 Å². The average molecular weight is 346 g/mol. The second-order valence-corrected chi connectivity index (χ2v) is 6.40. The zero-order valence-corrected chi connectivity index (χ0v) is 15.2. The molecule has 0 spiro atoms. The highest BCUT2D eigenvalue weighted by Gasteiger charge is 2.09. The van der Waals surface area contributed by atoms with Crippen molar-refractivity contribution in [1.82, 2.24) is 10.2 Å². The minimum atomic E-state index is -0.272. The number of nitrogens with one attached hydrogen (secondary N) is 2. The maximum absolute atomic E-state index is 12.3. The fourth-order valence-corrected chi connectivity index (χ4v) is 2.58. The molecule has 5 nitrogen and oxygen atoms in total. The minimum absolute atomic E-state index is 0.272. The Morgan fingerprint density at radius 2 is 1.77 bits per heavy atom. The van der Waals surface area contributed by atoms with Crippen LogP contribution in [0, 0.1) is 20.8 Å². The summed E-state index contributed by atoms with van der Waals surface area (Å²) in [5, 5.41) is 14.2. The minimum Gasteiger partial charge on any atom is -0.365 e.